The van der Waals surface area contributed by atoms with Crippen LogP contribution in [0.1, 0.15) is 0 Å². The van der Waals surface area contributed by atoms with Crippen molar-refractivity contribution < 1.29 is 0 Å². The Morgan fingerprint density at radius 3 is 1.17 bits per heavy atom. The molecule has 70 heavy (non-hydrogen) atoms. The summed E-state index contributed by atoms with van der Waals surface area (Å²) in [5.74, 6) is 0. The molecule has 0 saturated heterocycles. The maximum absolute atomic E-state index is 4.57. The highest BCUT2D eigenvalue weighted by Crippen LogP contribution is 2.61. The largest absolute Gasteiger partial charge is 0.264 e. The SMILES string of the molecule is c1ccc(-c2c3c(c(-c4ccccc4)c4ccccc24)-c2ccc4c5ccc6c7c(ccc(c8ccc-3c2c84)c57)c2c(-c3ccccc3)c3cc(-c4cccnc4)cc4c5ccccc5c(c34)c62)cc1. The van der Waals surface area contributed by atoms with E-state index in [4.69, 9.17) is 0 Å². The molecule has 0 amide bonds. The topological polar surface area (TPSA) is 12.9 Å². The van der Waals surface area contributed by atoms with Crippen molar-refractivity contribution in [3.05, 3.63) is 225 Å². The lowest BCUT2D eigenvalue weighted by molar-refractivity contribution is 1.33. The number of aromatic nitrogens is 1. The van der Waals surface area contributed by atoms with Gasteiger partial charge >= 0.3 is 0 Å². The number of pyridine rings is 1. The summed E-state index contributed by atoms with van der Waals surface area (Å²) in [5.41, 5.74) is 15.3. The van der Waals surface area contributed by atoms with E-state index >= 15 is 0 Å². The molecule has 0 atom stereocenters. The molecule has 1 nitrogen and oxygen atoms in total. The normalized spacial score (nSPS) is 12.6. The minimum absolute atomic E-state index is 1.12. The zero-order chi connectivity index (χ0) is 45.3. The highest BCUT2D eigenvalue weighted by molar-refractivity contribution is 6.51. The number of fused-ring (bicyclic) bond motifs is 13. The zero-order valence-electron chi connectivity index (χ0n) is 37.8. The standard InChI is InChI=1S/C69H37N/c1-4-15-38(16-5-1)57-45-24-12-13-25-46(45)58(39-17-6-2-7-18-39)67-52-31-27-48-50-29-33-54-63-53(32-28-49(61(50)63)47-26-30-51(66(57)67)62(52)60(47)48)68-59(40-19-8-3-9-20-40)56-36-42(41-21-14-34-70-37-41)35-55-43-22-10-11-23-44(43)65(64(55)56)69(54)68/h1-37H. The van der Waals surface area contributed by atoms with Crippen LogP contribution in [0.2, 0.25) is 0 Å². The van der Waals surface area contributed by atoms with Crippen molar-refractivity contribution in [2.75, 3.05) is 0 Å². The zero-order valence-corrected chi connectivity index (χ0v) is 37.8. The summed E-state index contributed by atoms with van der Waals surface area (Å²) >= 11 is 0. The predicted octanol–water partition coefficient (Wildman–Crippen LogP) is 19.2. The summed E-state index contributed by atoms with van der Waals surface area (Å²) in [6.45, 7) is 0. The van der Waals surface area contributed by atoms with Gasteiger partial charge in [0.25, 0.3) is 0 Å². The summed E-state index contributed by atoms with van der Waals surface area (Å²) in [6.07, 6.45) is 3.86. The van der Waals surface area contributed by atoms with Crippen molar-refractivity contribution in [1.82, 2.24) is 4.98 Å². The van der Waals surface area contributed by atoms with Gasteiger partial charge in [-0.25, -0.2) is 0 Å². The minimum atomic E-state index is 1.12. The minimum Gasteiger partial charge on any atom is -0.264 e. The first kappa shape index (κ1) is 36.9. The quantitative estimate of drug-likeness (QED) is 0.127. The Morgan fingerprint density at radius 1 is 0.200 bits per heavy atom. The molecular formula is C69H37N. The lowest BCUT2D eigenvalue weighted by Crippen LogP contribution is -1.93. The second-order valence-corrected chi connectivity index (χ2v) is 19.5. The molecule has 318 valence electrons. The molecule has 15 aromatic carbocycles. The molecule has 0 fully saturated rings. The van der Waals surface area contributed by atoms with E-state index in [9.17, 15) is 0 Å². The van der Waals surface area contributed by atoms with Crippen LogP contribution in [-0.2, 0) is 0 Å². The number of benzene rings is 13. The van der Waals surface area contributed by atoms with Crippen LogP contribution in [0.25, 0.3) is 174 Å². The van der Waals surface area contributed by atoms with E-state index in [2.05, 4.69) is 211 Å². The Labute approximate surface area is 402 Å². The van der Waals surface area contributed by atoms with E-state index < -0.39 is 0 Å². The van der Waals surface area contributed by atoms with Gasteiger partial charge in [0.2, 0.25) is 0 Å². The highest BCUT2D eigenvalue weighted by Gasteiger charge is 2.33. The Bertz CT molecular complexity index is 4740. The van der Waals surface area contributed by atoms with E-state index in [0.717, 1.165) is 5.56 Å². The second-order valence-electron chi connectivity index (χ2n) is 19.5. The maximum atomic E-state index is 4.57. The first-order chi connectivity index (χ1) is 34.8. The molecular weight excluding hydrogens is 843 g/mol. The summed E-state index contributed by atoms with van der Waals surface area (Å²) < 4.78 is 0. The van der Waals surface area contributed by atoms with Crippen LogP contribution < -0.4 is 0 Å². The molecule has 1 heterocycles. The molecule has 1 aromatic heterocycles. The van der Waals surface area contributed by atoms with Crippen LogP contribution in [0.5, 0.6) is 0 Å². The second kappa shape index (κ2) is 13.3. The van der Waals surface area contributed by atoms with E-state index in [1.165, 1.54) is 169 Å². The maximum Gasteiger partial charge on any atom is 0.0346 e. The molecule has 0 spiro atoms. The summed E-state index contributed by atoms with van der Waals surface area (Å²) in [7, 11) is 0. The predicted molar refractivity (Wildman–Crippen MR) is 299 cm³/mol. The van der Waals surface area contributed by atoms with Crippen molar-refractivity contribution in [2.24, 2.45) is 0 Å². The summed E-state index contributed by atoms with van der Waals surface area (Å²) in [4.78, 5) is 4.57. The lowest BCUT2D eigenvalue weighted by Gasteiger charge is -2.20. The fourth-order valence-corrected chi connectivity index (χ4v) is 13.7. The first-order valence-corrected chi connectivity index (χ1v) is 24.4. The number of hydrogen-bond donors (Lipinski definition) is 0. The Morgan fingerprint density at radius 2 is 0.600 bits per heavy atom. The summed E-state index contributed by atoms with van der Waals surface area (Å²) in [6, 6.07) is 80.2. The van der Waals surface area contributed by atoms with Gasteiger partial charge in [-0.1, -0.05) is 194 Å². The van der Waals surface area contributed by atoms with Crippen molar-refractivity contribution in [3.63, 3.8) is 0 Å². The Balaban J connectivity index is 1.04. The van der Waals surface area contributed by atoms with Crippen LogP contribution >= 0.6 is 0 Å². The van der Waals surface area contributed by atoms with E-state index in [-0.39, 0.29) is 0 Å². The number of nitrogens with zero attached hydrogens (tertiary/aromatic N) is 1. The molecule has 1 aliphatic carbocycles. The van der Waals surface area contributed by atoms with Gasteiger partial charge in [-0.15, -0.1) is 0 Å². The van der Waals surface area contributed by atoms with Crippen molar-refractivity contribution >= 4 is 108 Å². The van der Waals surface area contributed by atoms with Gasteiger partial charge in [0.05, 0.1) is 0 Å². The molecule has 0 radical (unpaired) electrons. The number of hydrogen-bond acceptors (Lipinski definition) is 1. The van der Waals surface area contributed by atoms with Gasteiger partial charge in [0.1, 0.15) is 0 Å². The fraction of sp³-hybridized carbons (Fsp3) is 0. The van der Waals surface area contributed by atoms with Crippen LogP contribution in [0, 0.1) is 0 Å². The van der Waals surface area contributed by atoms with E-state index in [1.54, 1.807) is 0 Å². The Kier molecular flexibility index (Phi) is 7.00. The molecule has 1 heteroatoms. The van der Waals surface area contributed by atoms with Gasteiger partial charge in [0, 0.05) is 18.0 Å². The molecule has 1 aliphatic rings. The molecule has 0 bridgehead atoms. The van der Waals surface area contributed by atoms with Crippen molar-refractivity contribution in [1.29, 1.82) is 0 Å². The first-order valence-electron chi connectivity index (χ1n) is 24.4. The van der Waals surface area contributed by atoms with Gasteiger partial charge in [-0.3, -0.25) is 4.98 Å². The van der Waals surface area contributed by atoms with E-state index in [1.807, 2.05) is 18.5 Å². The molecule has 0 aliphatic heterocycles. The molecule has 0 unspecified atom stereocenters. The van der Waals surface area contributed by atoms with Crippen molar-refractivity contribution in [2.45, 2.75) is 0 Å². The van der Waals surface area contributed by atoms with Crippen LogP contribution in [0.3, 0.4) is 0 Å². The van der Waals surface area contributed by atoms with Crippen LogP contribution in [0.15, 0.2) is 225 Å². The molecule has 16 aromatic rings. The lowest BCUT2D eigenvalue weighted by atomic mass is 9.82. The monoisotopic (exact) mass is 879 g/mol. The average Bonchev–Trinajstić information content (AvgIpc) is 4.07. The average molecular weight is 880 g/mol. The van der Waals surface area contributed by atoms with Gasteiger partial charge < -0.3 is 0 Å². The Hall–Kier alpha value is -9.17. The van der Waals surface area contributed by atoms with Gasteiger partial charge in [-0.05, 0) is 187 Å². The van der Waals surface area contributed by atoms with E-state index in [0.29, 0.717) is 0 Å². The van der Waals surface area contributed by atoms with Crippen LogP contribution in [0.4, 0.5) is 0 Å². The van der Waals surface area contributed by atoms with Crippen molar-refractivity contribution in [3.8, 4) is 66.8 Å². The molecule has 0 N–H and O–H groups in total. The summed E-state index contributed by atoms with van der Waals surface area (Å²) in [5, 5.41) is 26.5. The smallest absolute Gasteiger partial charge is 0.0346 e. The third-order valence-electron chi connectivity index (χ3n) is 16.3. The highest BCUT2D eigenvalue weighted by atomic mass is 14.6. The third kappa shape index (κ3) is 4.51. The molecule has 0 saturated carbocycles. The molecule has 17 rings (SSSR count). The van der Waals surface area contributed by atoms with Gasteiger partial charge in [0.15, 0.2) is 0 Å². The third-order valence-corrected chi connectivity index (χ3v) is 16.3. The van der Waals surface area contributed by atoms with Gasteiger partial charge in [-0.2, -0.15) is 0 Å². The van der Waals surface area contributed by atoms with Crippen LogP contribution in [-0.4, -0.2) is 4.98 Å². The fourth-order valence-electron chi connectivity index (χ4n) is 13.7. The number of rotatable bonds is 4.